The van der Waals surface area contributed by atoms with E-state index in [1.807, 2.05) is 0 Å². The molecule has 1 aliphatic rings. The Kier molecular flexibility index (Phi) is 9.44. The fraction of sp³-hybridized carbons (Fsp3) is 1.00. The lowest BCUT2D eigenvalue weighted by Crippen LogP contribution is -2.21. The molecule has 1 heterocycles. The van der Waals surface area contributed by atoms with E-state index in [2.05, 4.69) is 42.2 Å². The van der Waals surface area contributed by atoms with Gasteiger partial charge in [-0.05, 0) is 19.6 Å². The quantitative estimate of drug-likeness (QED) is 0.432. The number of hydrogen-bond acceptors (Lipinski definition) is 9. The van der Waals surface area contributed by atoms with Crippen LogP contribution in [0.15, 0.2) is 0 Å². The minimum atomic E-state index is -5.24. The highest BCUT2D eigenvalue weighted by molar-refractivity contribution is 8.03. The summed E-state index contributed by atoms with van der Waals surface area (Å²) < 4.78 is 46.8. The molecule has 0 amide bonds. The minimum Gasteiger partial charge on any atom is -0.304 e. The minimum absolute atomic E-state index is 0.233. The normalized spacial score (nSPS) is 20.1. The largest absolute Gasteiger partial charge is 0.509 e. The summed E-state index contributed by atoms with van der Waals surface area (Å²) in [5.41, 5.74) is 0. The van der Waals surface area contributed by atoms with Crippen LogP contribution in [0.25, 0.3) is 0 Å². The summed E-state index contributed by atoms with van der Waals surface area (Å²) >= 11 is 0.233. The van der Waals surface area contributed by atoms with Crippen LogP contribution < -0.4 is 0 Å². The number of hydrogen-bond donors (Lipinski definition) is 3. The molecule has 0 radical (unpaired) electrons. The summed E-state index contributed by atoms with van der Waals surface area (Å²) in [6, 6.07) is 0. The molecule has 3 N–H and O–H groups in total. The maximum Gasteiger partial charge on any atom is 0.509 e. The molecule has 128 valence electrons. The van der Waals surface area contributed by atoms with Crippen molar-refractivity contribution in [2.24, 2.45) is 0 Å². The standard InChI is InChI=1S/C6H15N.H3O10P3S/c1-4-7(5-2)6-3;1-11(2,3)7-12(4,5)8-13(6)9-14-10-13/h4-6H2,1-3H3;(H,4,5)(H2,1,2,3). The van der Waals surface area contributed by atoms with Crippen molar-refractivity contribution in [2.75, 3.05) is 19.6 Å². The van der Waals surface area contributed by atoms with Crippen molar-refractivity contribution in [2.45, 2.75) is 20.8 Å². The second-order valence-electron chi connectivity index (χ2n) is 3.41. The smallest absolute Gasteiger partial charge is 0.304 e. The molecular weight excluding hydrogens is 371 g/mol. The van der Waals surface area contributed by atoms with Gasteiger partial charge in [-0.15, -0.1) is 0 Å². The van der Waals surface area contributed by atoms with Crippen molar-refractivity contribution >= 4 is 35.8 Å². The van der Waals surface area contributed by atoms with Gasteiger partial charge in [0.15, 0.2) is 12.3 Å². The van der Waals surface area contributed by atoms with Crippen LogP contribution >= 0.6 is 35.8 Å². The van der Waals surface area contributed by atoms with Crippen molar-refractivity contribution < 1.29 is 44.9 Å². The van der Waals surface area contributed by atoms with Gasteiger partial charge >= 0.3 is 23.5 Å². The Morgan fingerprint density at radius 3 is 1.71 bits per heavy atom. The molecule has 1 atom stereocenters. The molecule has 1 rings (SSSR count). The Bertz CT molecular complexity index is 437. The molecule has 1 saturated heterocycles. The molecule has 0 saturated carbocycles. The Morgan fingerprint density at radius 2 is 1.52 bits per heavy atom. The molecule has 1 unspecified atom stereocenters. The SMILES string of the molecule is CCN(CC)CC.O=P(O)(O)OP(=O)(O)OP1(=O)OSO1. The van der Waals surface area contributed by atoms with Crippen LogP contribution in [0, 0.1) is 0 Å². The first-order chi connectivity index (χ1) is 9.47. The topological polar surface area (TPSA) is 152 Å². The van der Waals surface area contributed by atoms with Gasteiger partial charge in [0.2, 0.25) is 0 Å². The Balaban J connectivity index is 0.000000486. The van der Waals surface area contributed by atoms with Crippen LogP contribution in [0.1, 0.15) is 20.8 Å². The molecule has 0 spiro atoms. The first kappa shape index (κ1) is 21.7. The van der Waals surface area contributed by atoms with Gasteiger partial charge in [0.1, 0.15) is 0 Å². The van der Waals surface area contributed by atoms with E-state index in [0.29, 0.717) is 0 Å². The van der Waals surface area contributed by atoms with E-state index in [1.165, 1.54) is 19.6 Å². The third-order valence-electron chi connectivity index (χ3n) is 2.00. The Morgan fingerprint density at radius 1 is 1.10 bits per heavy atom. The van der Waals surface area contributed by atoms with Crippen molar-refractivity contribution in [1.29, 1.82) is 0 Å². The van der Waals surface area contributed by atoms with Crippen molar-refractivity contribution in [3.63, 3.8) is 0 Å². The predicted octanol–water partition coefficient (Wildman–Crippen LogP) is 2.28. The molecule has 0 bridgehead atoms. The molecule has 21 heavy (non-hydrogen) atoms. The molecule has 1 fully saturated rings. The van der Waals surface area contributed by atoms with E-state index in [9.17, 15) is 13.7 Å². The maximum absolute atomic E-state index is 10.8. The van der Waals surface area contributed by atoms with E-state index in [1.54, 1.807) is 0 Å². The van der Waals surface area contributed by atoms with Gasteiger partial charge in [0.25, 0.3) is 0 Å². The molecular formula is C6H18NO10P3S. The van der Waals surface area contributed by atoms with Crippen LogP contribution in [0.3, 0.4) is 0 Å². The van der Waals surface area contributed by atoms with Gasteiger partial charge in [0, 0.05) is 0 Å². The summed E-state index contributed by atoms with van der Waals surface area (Å²) in [4.78, 5) is 27.3. The monoisotopic (exact) mass is 389 g/mol. The summed E-state index contributed by atoms with van der Waals surface area (Å²) in [6.07, 6.45) is 0. The fourth-order valence-electron chi connectivity index (χ4n) is 1.05. The van der Waals surface area contributed by atoms with Crippen LogP contribution in [-0.2, 0) is 30.3 Å². The summed E-state index contributed by atoms with van der Waals surface area (Å²) in [7, 11) is -14.6. The molecule has 0 aromatic carbocycles. The third-order valence-corrected chi connectivity index (χ3v) is 7.25. The molecule has 0 aromatic heterocycles. The van der Waals surface area contributed by atoms with E-state index in [4.69, 9.17) is 14.7 Å². The number of nitrogens with zero attached hydrogens (tertiary/aromatic N) is 1. The van der Waals surface area contributed by atoms with E-state index >= 15 is 0 Å². The molecule has 11 nitrogen and oxygen atoms in total. The zero-order valence-electron chi connectivity index (χ0n) is 11.5. The van der Waals surface area contributed by atoms with Crippen LogP contribution in [0.5, 0.6) is 0 Å². The first-order valence-corrected chi connectivity index (χ1v) is 10.8. The van der Waals surface area contributed by atoms with Crippen molar-refractivity contribution in [1.82, 2.24) is 4.90 Å². The summed E-state index contributed by atoms with van der Waals surface area (Å²) in [6.45, 7) is 10.1. The Labute approximate surface area is 126 Å². The Hall–Kier alpha value is 0.720. The first-order valence-electron chi connectivity index (χ1n) is 5.65. The maximum atomic E-state index is 10.8. The second kappa shape index (κ2) is 9.12. The molecule has 15 heteroatoms. The fourth-order valence-corrected chi connectivity index (χ4v) is 4.88. The molecule has 1 aliphatic heterocycles. The molecule has 0 aliphatic carbocycles. The molecule has 0 aromatic rings. The van der Waals surface area contributed by atoms with Crippen molar-refractivity contribution in [3.05, 3.63) is 0 Å². The second-order valence-corrected chi connectivity index (χ2v) is 8.85. The van der Waals surface area contributed by atoms with Gasteiger partial charge in [-0.25, -0.2) is 13.7 Å². The van der Waals surface area contributed by atoms with Crippen LogP contribution in [-0.4, -0.2) is 39.2 Å². The van der Waals surface area contributed by atoms with E-state index < -0.39 is 23.5 Å². The number of phosphoric acid groups is 3. The van der Waals surface area contributed by atoms with Gasteiger partial charge < -0.3 is 19.6 Å². The highest BCUT2D eigenvalue weighted by Gasteiger charge is 2.48. The van der Waals surface area contributed by atoms with Crippen LogP contribution in [0.2, 0.25) is 0 Å². The van der Waals surface area contributed by atoms with Crippen molar-refractivity contribution in [3.8, 4) is 0 Å². The zero-order valence-corrected chi connectivity index (χ0v) is 15.0. The van der Waals surface area contributed by atoms with E-state index in [-0.39, 0.29) is 12.3 Å². The van der Waals surface area contributed by atoms with Gasteiger partial charge in [-0.3, -0.25) is 0 Å². The lowest BCUT2D eigenvalue weighted by Gasteiger charge is -2.22. The number of rotatable bonds is 7. The average Bonchev–Trinajstić information content (AvgIpc) is 2.26. The van der Waals surface area contributed by atoms with Gasteiger partial charge in [-0.1, -0.05) is 20.8 Å². The lowest BCUT2D eigenvalue weighted by atomic mass is 10.5. The third kappa shape index (κ3) is 10.2. The predicted molar refractivity (Wildman–Crippen MR) is 74.9 cm³/mol. The highest BCUT2D eigenvalue weighted by Crippen LogP contribution is 2.75. The summed E-state index contributed by atoms with van der Waals surface area (Å²) in [5.74, 6) is 0. The lowest BCUT2D eigenvalue weighted by molar-refractivity contribution is 0.202. The highest BCUT2D eigenvalue weighted by atomic mass is 32.2. The average molecular weight is 389 g/mol. The van der Waals surface area contributed by atoms with Gasteiger partial charge in [-0.2, -0.15) is 16.6 Å². The zero-order chi connectivity index (χ0) is 16.7. The van der Waals surface area contributed by atoms with Crippen LogP contribution in [0.4, 0.5) is 0 Å². The summed E-state index contributed by atoms with van der Waals surface area (Å²) in [5, 5.41) is 0. The van der Waals surface area contributed by atoms with E-state index in [0.717, 1.165) is 0 Å². The van der Waals surface area contributed by atoms with Gasteiger partial charge in [0.05, 0.1) is 0 Å².